The number of halogens is 1. The molecule has 6 heteroatoms. The Kier molecular flexibility index (Phi) is 2.35. The van der Waals surface area contributed by atoms with E-state index in [2.05, 4.69) is 0 Å². The molecule has 0 radical (unpaired) electrons. The summed E-state index contributed by atoms with van der Waals surface area (Å²) >= 11 is 0. The zero-order valence-electron chi connectivity index (χ0n) is 8.31. The van der Waals surface area contributed by atoms with Crippen molar-refractivity contribution in [2.45, 2.75) is 6.04 Å². The van der Waals surface area contributed by atoms with Crippen LogP contribution in [0.2, 0.25) is 0 Å². The number of benzene rings is 1. The van der Waals surface area contributed by atoms with Crippen molar-refractivity contribution in [3.8, 4) is 0 Å². The molecule has 0 saturated carbocycles. The zero-order valence-corrected chi connectivity index (χ0v) is 8.31. The first-order valence-electron chi connectivity index (χ1n) is 4.65. The van der Waals surface area contributed by atoms with Gasteiger partial charge in [0.2, 0.25) is 11.8 Å². The molecule has 0 bridgehead atoms. The summed E-state index contributed by atoms with van der Waals surface area (Å²) in [6.45, 7) is -0.289. The number of rotatable bonds is 2. The van der Waals surface area contributed by atoms with E-state index >= 15 is 0 Å². The maximum atomic E-state index is 13.0. The van der Waals surface area contributed by atoms with Crippen LogP contribution in [-0.2, 0) is 9.59 Å². The van der Waals surface area contributed by atoms with Gasteiger partial charge < -0.3 is 16.4 Å². The summed E-state index contributed by atoms with van der Waals surface area (Å²) in [6, 6.07) is 2.98. The number of amides is 2. The lowest BCUT2D eigenvalue weighted by Gasteiger charge is -2.14. The van der Waals surface area contributed by atoms with Crippen molar-refractivity contribution in [2.75, 3.05) is 11.4 Å². The number of nitrogens with two attached hydrogens (primary N) is 2. The van der Waals surface area contributed by atoms with Crippen molar-refractivity contribution in [1.29, 1.82) is 0 Å². The predicted molar refractivity (Wildman–Crippen MR) is 54.9 cm³/mol. The van der Waals surface area contributed by atoms with Gasteiger partial charge in [-0.05, 0) is 12.1 Å². The smallest absolute Gasteiger partial charge is 0.249 e. The van der Waals surface area contributed by atoms with E-state index in [0.717, 1.165) is 4.90 Å². The van der Waals surface area contributed by atoms with Gasteiger partial charge in [0.15, 0.2) is 0 Å². The van der Waals surface area contributed by atoms with E-state index in [1.807, 2.05) is 0 Å². The Morgan fingerprint density at radius 2 is 2.19 bits per heavy atom. The Labute approximate surface area is 90.8 Å². The number of anilines is 1. The molecular formula is C10H10FN3O2. The van der Waals surface area contributed by atoms with E-state index in [4.69, 9.17) is 11.5 Å². The molecular weight excluding hydrogens is 213 g/mol. The van der Waals surface area contributed by atoms with Crippen LogP contribution in [0.4, 0.5) is 10.1 Å². The topological polar surface area (TPSA) is 89.4 Å². The number of carbonyl (C=O) groups excluding carboxylic acids is 2. The van der Waals surface area contributed by atoms with Crippen molar-refractivity contribution in [3.63, 3.8) is 0 Å². The van der Waals surface area contributed by atoms with Crippen LogP contribution in [0.15, 0.2) is 18.2 Å². The Hall–Kier alpha value is -1.95. The third-order valence-corrected chi connectivity index (χ3v) is 2.46. The van der Waals surface area contributed by atoms with Gasteiger partial charge in [-0.1, -0.05) is 6.07 Å². The lowest BCUT2D eigenvalue weighted by Crippen LogP contribution is -2.38. The molecule has 1 aromatic rings. The summed E-state index contributed by atoms with van der Waals surface area (Å²) in [4.78, 5) is 23.6. The fraction of sp³-hybridized carbons (Fsp3) is 0.200. The minimum Gasteiger partial charge on any atom is -0.368 e. The van der Waals surface area contributed by atoms with E-state index < -0.39 is 23.7 Å². The summed E-state index contributed by atoms with van der Waals surface area (Å²) in [7, 11) is 0. The maximum Gasteiger partial charge on any atom is 0.249 e. The van der Waals surface area contributed by atoms with Crippen LogP contribution < -0.4 is 16.4 Å². The number of nitrogens with zero attached hydrogens (tertiary/aromatic N) is 1. The summed E-state index contributed by atoms with van der Waals surface area (Å²) in [6.07, 6.45) is 0. The normalized spacial score (nSPS) is 18.8. The Morgan fingerprint density at radius 1 is 1.50 bits per heavy atom. The first-order chi connectivity index (χ1) is 7.50. The van der Waals surface area contributed by atoms with Crippen molar-refractivity contribution in [1.82, 2.24) is 0 Å². The molecule has 4 N–H and O–H groups in total. The quantitative estimate of drug-likeness (QED) is 0.718. The molecule has 2 rings (SSSR count). The largest absolute Gasteiger partial charge is 0.368 e. The van der Waals surface area contributed by atoms with Crippen LogP contribution in [0.5, 0.6) is 0 Å². The molecule has 0 aromatic heterocycles. The molecule has 5 nitrogen and oxygen atoms in total. The SMILES string of the molecule is NC(=O)CN1C(=O)C(N)c2ccc(F)cc21. The lowest BCUT2D eigenvalue weighted by molar-refractivity contribution is -0.122. The maximum absolute atomic E-state index is 13.0. The molecule has 84 valence electrons. The van der Waals surface area contributed by atoms with Crippen LogP contribution >= 0.6 is 0 Å². The van der Waals surface area contributed by atoms with E-state index in [9.17, 15) is 14.0 Å². The highest BCUT2D eigenvalue weighted by atomic mass is 19.1. The van der Waals surface area contributed by atoms with Crippen LogP contribution in [0.25, 0.3) is 0 Å². The van der Waals surface area contributed by atoms with Gasteiger partial charge in [0, 0.05) is 5.56 Å². The molecule has 0 fully saturated rings. The van der Waals surface area contributed by atoms with E-state index in [-0.39, 0.29) is 6.54 Å². The van der Waals surface area contributed by atoms with Gasteiger partial charge in [0.05, 0.1) is 5.69 Å². The summed E-state index contributed by atoms with van der Waals surface area (Å²) in [5.41, 5.74) is 11.5. The van der Waals surface area contributed by atoms with Gasteiger partial charge in [0.25, 0.3) is 0 Å². The predicted octanol–water partition coefficient (Wildman–Crippen LogP) is -0.343. The van der Waals surface area contributed by atoms with Gasteiger partial charge in [0.1, 0.15) is 18.4 Å². The number of hydrogen-bond donors (Lipinski definition) is 2. The molecule has 1 unspecified atom stereocenters. The third kappa shape index (κ3) is 1.53. The molecule has 0 spiro atoms. The number of hydrogen-bond acceptors (Lipinski definition) is 3. The molecule has 1 atom stereocenters. The molecule has 1 aliphatic rings. The van der Waals surface area contributed by atoms with Crippen molar-refractivity contribution in [3.05, 3.63) is 29.6 Å². The fourth-order valence-corrected chi connectivity index (χ4v) is 1.75. The van der Waals surface area contributed by atoms with Gasteiger partial charge >= 0.3 is 0 Å². The second-order valence-electron chi connectivity index (χ2n) is 3.57. The number of carbonyl (C=O) groups is 2. The van der Waals surface area contributed by atoms with Crippen LogP contribution in [-0.4, -0.2) is 18.4 Å². The van der Waals surface area contributed by atoms with Crippen molar-refractivity contribution in [2.24, 2.45) is 11.5 Å². The van der Waals surface area contributed by atoms with E-state index in [1.165, 1.54) is 18.2 Å². The first-order valence-corrected chi connectivity index (χ1v) is 4.65. The Bertz CT molecular complexity index is 475. The second-order valence-corrected chi connectivity index (χ2v) is 3.57. The highest BCUT2D eigenvalue weighted by Crippen LogP contribution is 2.34. The fourth-order valence-electron chi connectivity index (χ4n) is 1.75. The summed E-state index contributed by atoms with van der Waals surface area (Å²) in [5.74, 6) is -1.60. The zero-order chi connectivity index (χ0) is 11.9. The standard InChI is InChI=1S/C10H10FN3O2/c11-5-1-2-6-7(3-5)14(4-8(12)15)10(16)9(6)13/h1-3,9H,4,13H2,(H2,12,15). The van der Waals surface area contributed by atoms with Gasteiger partial charge in [-0.3, -0.25) is 9.59 Å². The lowest BCUT2D eigenvalue weighted by atomic mass is 10.1. The second kappa shape index (κ2) is 3.57. The average Bonchev–Trinajstić information content (AvgIpc) is 2.43. The van der Waals surface area contributed by atoms with Crippen LogP contribution in [0.3, 0.4) is 0 Å². The minimum absolute atomic E-state index is 0.289. The molecule has 0 aliphatic carbocycles. The minimum atomic E-state index is -0.852. The molecule has 0 saturated heterocycles. The molecule has 1 aromatic carbocycles. The van der Waals surface area contributed by atoms with Gasteiger partial charge in [-0.25, -0.2) is 4.39 Å². The van der Waals surface area contributed by atoms with Crippen LogP contribution in [0, 0.1) is 5.82 Å². The van der Waals surface area contributed by atoms with E-state index in [0.29, 0.717) is 11.3 Å². The molecule has 2 amide bonds. The first kappa shape index (κ1) is 10.6. The molecule has 1 heterocycles. The van der Waals surface area contributed by atoms with Gasteiger partial charge in [-0.2, -0.15) is 0 Å². The Balaban J connectivity index is 2.47. The Morgan fingerprint density at radius 3 is 2.81 bits per heavy atom. The number of primary amides is 1. The number of fused-ring (bicyclic) bond motifs is 1. The van der Waals surface area contributed by atoms with Crippen molar-refractivity contribution < 1.29 is 14.0 Å². The summed E-state index contributed by atoms with van der Waals surface area (Å²) < 4.78 is 13.0. The summed E-state index contributed by atoms with van der Waals surface area (Å²) in [5, 5.41) is 0. The molecule has 1 aliphatic heterocycles. The van der Waals surface area contributed by atoms with Gasteiger partial charge in [-0.15, -0.1) is 0 Å². The average molecular weight is 223 g/mol. The molecule has 16 heavy (non-hydrogen) atoms. The highest BCUT2D eigenvalue weighted by molar-refractivity contribution is 6.07. The van der Waals surface area contributed by atoms with Crippen molar-refractivity contribution >= 4 is 17.5 Å². The van der Waals surface area contributed by atoms with E-state index in [1.54, 1.807) is 0 Å². The highest BCUT2D eigenvalue weighted by Gasteiger charge is 2.35. The van der Waals surface area contributed by atoms with Crippen LogP contribution in [0.1, 0.15) is 11.6 Å². The third-order valence-electron chi connectivity index (χ3n) is 2.46. The monoisotopic (exact) mass is 223 g/mol.